The average molecular weight is 465 g/mol. The van der Waals surface area contributed by atoms with Gasteiger partial charge in [-0.25, -0.2) is 8.42 Å². The summed E-state index contributed by atoms with van der Waals surface area (Å²) in [6, 6.07) is 34.9. The number of sulfonamides is 1. The number of hydrogen-bond donors (Lipinski definition) is 0. The lowest BCUT2D eigenvalue weighted by Crippen LogP contribution is -2.36. The molecule has 0 bridgehead atoms. The summed E-state index contributed by atoms with van der Waals surface area (Å²) in [5, 5.41) is 1.15. The molecule has 0 radical (unpaired) electrons. The van der Waals surface area contributed by atoms with Crippen molar-refractivity contribution >= 4 is 26.6 Å². The van der Waals surface area contributed by atoms with Gasteiger partial charge >= 0.3 is 0 Å². The molecule has 1 atom stereocenters. The first-order chi connectivity index (χ1) is 16.5. The van der Waals surface area contributed by atoms with E-state index < -0.39 is 16.1 Å². The van der Waals surface area contributed by atoms with Gasteiger partial charge in [-0.15, -0.1) is 0 Å². The molecule has 0 spiro atoms. The molecule has 0 unspecified atom stereocenters. The van der Waals surface area contributed by atoms with Crippen LogP contribution in [-0.2, 0) is 16.6 Å². The van der Waals surface area contributed by atoms with Crippen molar-refractivity contribution in [3.8, 4) is 11.3 Å². The molecular weight excluding hydrogens is 440 g/mol. The Morgan fingerprint density at radius 2 is 1.44 bits per heavy atom. The normalized spacial score (nSPS) is 15.6. The first-order valence-corrected chi connectivity index (χ1v) is 12.8. The summed E-state index contributed by atoms with van der Waals surface area (Å²) < 4.78 is 32.4. The Bertz CT molecular complexity index is 1600. The van der Waals surface area contributed by atoms with E-state index >= 15 is 0 Å². The molecule has 0 aliphatic carbocycles. The molecule has 0 fully saturated rings. The minimum absolute atomic E-state index is 0.297. The molecule has 5 aromatic rings. The summed E-state index contributed by atoms with van der Waals surface area (Å²) in [6.07, 6.45) is 0. The van der Waals surface area contributed by atoms with Crippen molar-refractivity contribution in [2.24, 2.45) is 0 Å². The zero-order chi connectivity index (χ0) is 23.3. The highest BCUT2D eigenvalue weighted by atomic mass is 32.2. The lowest BCUT2D eigenvalue weighted by molar-refractivity contribution is 0.555. The molecule has 4 aromatic carbocycles. The van der Waals surface area contributed by atoms with Crippen molar-refractivity contribution in [3.63, 3.8) is 0 Å². The van der Waals surface area contributed by atoms with Crippen molar-refractivity contribution in [3.05, 3.63) is 120 Å². The van der Waals surface area contributed by atoms with Crippen molar-refractivity contribution in [1.82, 2.24) is 4.57 Å². The van der Waals surface area contributed by atoms with E-state index in [2.05, 4.69) is 22.8 Å². The highest BCUT2D eigenvalue weighted by Gasteiger charge is 2.37. The zero-order valence-corrected chi connectivity index (χ0v) is 19.6. The third kappa shape index (κ3) is 3.24. The van der Waals surface area contributed by atoms with Gasteiger partial charge in [-0.1, -0.05) is 84.4 Å². The average Bonchev–Trinajstić information content (AvgIpc) is 3.15. The van der Waals surface area contributed by atoms with E-state index in [1.54, 1.807) is 16.4 Å². The third-order valence-electron chi connectivity index (χ3n) is 6.63. The van der Waals surface area contributed by atoms with Gasteiger partial charge in [0.1, 0.15) is 0 Å². The molecule has 6 rings (SSSR count). The van der Waals surface area contributed by atoms with Gasteiger partial charge in [0.15, 0.2) is 0 Å². The van der Waals surface area contributed by atoms with Gasteiger partial charge in [0.2, 0.25) is 0 Å². The Kier molecular flexibility index (Phi) is 4.82. The van der Waals surface area contributed by atoms with E-state index in [-0.39, 0.29) is 0 Å². The summed E-state index contributed by atoms with van der Waals surface area (Å²) in [5.41, 5.74) is 5.71. The summed E-state index contributed by atoms with van der Waals surface area (Å²) in [4.78, 5) is 0.297. The van der Waals surface area contributed by atoms with E-state index in [4.69, 9.17) is 0 Å². The predicted molar refractivity (Wildman–Crippen MR) is 137 cm³/mol. The van der Waals surface area contributed by atoms with Crippen molar-refractivity contribution in [1.29, 1.82) is 0 Å². The van der Waals surface area contributed by atoms with E-state index in [0.717, 1.165) is 33.3 Å². The number of anilines is 1. The van der Waals surface area contributed by atoms with Crippen LogP contribution in [0.5, 0.6) is 0 Å². The first kappa shape index (κ1) is 20.8. The van der Waals surface area contributed by atoms with Gasteiger partial charge in [0.25, 0.3) is 10.0 Å². The maximum absolute atomic E-state index is 14.3. The second kappa shape index (κ2) is 7.89. The molecular formula is C29H24N2O2S. The van der Waals surface area contributed by atoms with Crippen LogP contribution in [0.1, 0.15) is 17.2 Å². The molecule has 1 aromatic heterocycles. The highest BCUT2D eigenvalue weighted by Crippen LogP contribution is 2.45. The van der Waals surface area contributed by atoms with Gasteiger partial charge < -0.3 is 4.57 Å². The summed E-state index contributed by atoms with van der Waals surface area (Å²) in [6.45, 7) is 2.47. The number of fused-ring (bicyclic) bond motifs is 5. The van der Waals surface area contributed by atoms with Crippen LogP contribution in [0.25, 0.3) is 22.2 Å². The van der Waals surface area contributed by atoms with Gasteiger partial charge in [0.05, 0.1) is 22.3 Å². The SMILES string of the molecule is Cc1ccc(S(=O)(=O)N2c3ccccc3-c3cc4ccccc4n3C[C@H]2c2ccccc2)cc1. The highest BCUT2D eigenvalue weighted by molar-refractivity contribution is 7.92. The number of aryl methyl sites for hydroxylation is 1. The smallest absolute Gasteiger partial charge is 0.264 e. The van der Waals surface area contributed by atoms with Gasteiger partial charge in [-0.05, 0) is 42.8 Å². The minimum Gasteiger partial charge on any atom is -0.338 e. The first-order valence-electron chi connectivity index (χ1n) is 11.4. The van der Waals surface area contributed by atoms with Crippen LogP contribution in [0.15, 0.2) is 114 Å². The molecule has 168 valence electrons. The van der Waals surface area contributed by atoms with Crippen LogP contribution in [0.4, 0.5) is 5.69 Å². The Morgan fingerprint density at radius 1 is 0.765 bits per heavy atom. The van der Waals surface area contributed by atoms with Gasteiger partial charge in [-0.2, -0.15) is 0 Å². The summed E-state index contributed by atoms with van der Waals surface area (Å²) >= 11 is 0. The van der Waals surface area contributed by atoms with Crippen molar-refractivity contribution in [2.75, 3.05) is 4.31 Å². The molecule has 2 heterocycles. The largest absolute Gasteiger partial charge is 0.338 e. The molecule has 1 aliphatic rings. The number of rotatable bonds is 3. The Morgan fingerprint density at radius 3 is 2.24 bits per heavy atom. The monoisotopic (exact) mass is 464 g/mol. The summed E-state index contributed by atoms with van der Waals surface area (Å²) in [5.74, 6) is 0. The number of aromatic nitrogens is 1. The fraction of sp³-hybridized carbons (Fsp3) is 0.103. The van der Waals surface area contributed by atoms with Crippen molar-refractivity contribution in [2.45, 2.75) is 24.4 Å². The molecule has 0 amide bonds. The molecule has 34 heavy (non-hydrogen) atoms. The van der Waals surface area contributed by atoms with E-state index in [1.807, 2.05) is 85.8 Å². The van der Waals surface area contributed by atoms with Crippen LogP contribution in [0.3, 0.4) is 0 Å². The fourth-order valence-corrected chi connectivity index (χ4v) is 6.61. The topological polar surface area (TPSA) is 42.3 Å². The van der Waals surface area contributed by atoms with Gasteiger partial charge in [0, 0.05) is 23.0 Å². The summed E-state index contributed by atoms with van der Waals surface area (Å²) in [7, 11) is -3.84. The van der Waals surface area contributed by atoms with Gasteiger partial charge in [-0.3, -0.25) is 4.31 Å². The zero-order valence-electron chi connectivity index (χ0n) is 18.8. The Labute approximate surface area is 199 Å². The van der Waals surface area contributed by atoms with Crippen LogP contribution >= 0.6 is 0 Å². The maximum atomic E-state index is 14.3. The number of hydrogen-bond acceptors (Lipinski definition) is 2. The number of benzene rings is 4. The van der Waals surface area contributed by atoms with Crippen LogP contribution in [0.2, 0.25) is 0 Å². The molecule has 4 nitrogen and oxygen atoms in total. The van der Waals surface area contributed by atoms with E-state index in [0.29, 0.717) is 17.1 Å². The predicted octanol–water partition coefficient (Wildman–Crippen LogP) is 6.57. The lowest BCUT2D eigenvalue weighted by atomic mass is 10.1. The van der Waals surface area contributed by atoms with E-state index in [9.17, 15) is 8.42 Å². The third-order valence-corrected chi connectivity index (χ3v) is 8.47. The number of para-hydroxylation sites is 2. The molecule has 1 aliphatic heterocycles. The second-order valence-corrected chi connectivity index (χ2v) is 10.6. The van der Waals surface area contributed by atoms with Crippen LogP contribution in [0, 0.1) is 6.92 Å². The molecule has 0 saturated carbocycles. The van der Waals surface area contributed by atoms with Crippen LogP contribution in [-0.4, -0.2) is 13.0 Å². The molecule has 0 N–H and O–H groups in total. The minimum atomic E-state index is -3.84. The van der Waals surface area contributed by atoms with Crippen molar-refractivity contribution < 1.29 is 8.42 Å². The fourth-order valence-electron chi connectivity index (χ4n) is 4.96. The second-order valence-electron chi connectivity index (χ2n) is 8.76. The maximum Gasteiger partial charge on any atom is 0.264 e. The van der Waals surface area contributed by atoms with E-state index in [1.165, 1.54) is 0 Å². The quantitative estimate of drug-likeness (QED) is 0.303. The standard InChI is InChI=1S/C29H24N2O2S/c1-21-15-17-24(18-16-21)34(32,33)31-27-14-8-6-12-25(27)28-19-23-11-5-7-13-26(23)30(28)20-29(31)22-9-3-2-4-10-22/h2-19,29H,20H2,1H3/t29-/m0/s1. The lowest BCUT2D eigenvalue weighted by Gasteiger charge is -2.32. The molecule has 0 saturated heterocycles. The molecule has 5 heteroatoms. The number of nitrogens with zero attached hydrogens (tertiary/aromatic N) is 2. The Hall–Kier alpha value is -3.83. The van der Waals surface area contributed by atoms with Crippen LogP contribution < -0.4 is 4.31 Å². The Balaban J connectivity index is 1.67.